The Balaban J connectivity index is 2.78. The molecule has 0 atom stereocenters. The number of hydrogen-bond donors (Lipinski definition) is 0. The molecule has 1 heterocycles. The quantitative estimate of drug-likeness (QED) is 0.702. The summed E-state index contributed by atoms with van der Waals surface area (Å²) >= 11 is 0. The number of hydrogen-bond acceptors (Lipinski definition) is 3. The molecule has 0 aliphatic rings. The molecule has 0 bridgehead atoms. The molecular formula is C16H30N4O. The van der Waals surface area contributed by atoms with E-state index in [-0.39, 0.29) is 5.91 Å². The van der Waals surface area contributed by atoms with Crippen molar-refractivity contribution in [2.24, 2.45) is 5.92 Å². The summed E-state index contributed by atoms with van der Waals surface area (Å²) in [4.78, 5) is 16.8. The molecule has 0 spiro atoms. The smallest absolute Gasteiger partial charge is 0.272 e. The Morgan fingerprint density at radius 1 is 1.29 bits per heavy atom. The number of nitrogens with zero attached hydrogens (tertiary/aromatic N) is 4. The first-order valence-electron chi connectivity index (χ1n) is 7.99. The van der Waals surface area contributed by atoms with Crippen LogP contribution < -0.4 is 0 Å². The summed E-state index contributed by atoms with van der Waals surface area (Å²) in [5, 5.41) is 4.29. The Labute approximate surface area is 128 Å². The third kappa shape index (κ3) is 5.16. The van der Waals surface area contributed by atoms with E-state index >= 15 is 0 Å². The normalized spacial score (nSPS) is 11.4. The average molecular weight is 294 g/mol. The highest BCUT2D eigenvalue weighted by molar-refractivity contribution is 5.92. The van der Waals surface area contributed by atoms with Gasteiger partial charge in [0.25, 0.3) is 5.91 Å². The van der Waals surface area contributed by atoms with E-state index in [1.54, 1.807) is 6.20 Å². The molecule has 0 fully saturated rings. The zero-order valence-electron chi connectivity index (χ0n) is 14.2. The van der Waals surface area contributed by atoms with E-state index in [1.165, 1.54) is 0 Å². The van der Waals surface area contributed by atoms with Crippen LogP contribution in [0.3, 0.4) is 0 Å². The minimum Gasteiger partial charge on any atom is -0.337 e. The van der Waals surface area contributed by atoms with Crippen molar-refractivity contribution in [2.75, 3.05) is 33.7 Å². The summed E-state index contributed by atoms with van der Waals surface area (Å²) in [6.07, 6.45) is 3.94. The lowest BCUT2D eigenvalue weighted by atomic mass is 10.0. The topological polar surface area (TPSA) is 41.4 Å². The summed E-state index contributed by atoms with van der Waals surface area (Å²) < 4.78 is 1.82. The van der Waals surface area contributed by atoms with E-state index in [1.807, 2.05) is 36.7 Å². The Kier molecular flexibility index (Phi) is 7.43. The summed E-state index contributed by atoms with van der Waals surface area (Å²) in [6.45, 7) is 9.61. The van der Waals surface area contributed by atoms with Crippen LogP contribution in [0.1, 0.15) is 44.1 Å². The van der Waals surface area contributed by atoms with Crippen LogP contribution in [0.4, 0.5) is 0 Å². The summed E-state index contributed by atoms with van der Waals surface area (Å²) in [5.41, 5.74) is 0.699. The Hall–Kier alpha value is -1.36. The molecule has 0 N–H and O–H groups in total. The first kappa shape index (κ1) is 17.7. The molecule has 0 saturated heterocycles. The van der Waals surface area contributed by atoms with Crippen LogP contribution >= 0.6 is 0 Å². The Bertz CT molecular complexity index is 424. The van der Waals surface area contributed by atoms with Gasteiger partial charge in [-0.1, -0.05) is 26.7 Å². The molecule has 0 aromatic carbocycles. The number of rotatable bonds is 9. The van der Waals surface area contributed by atoms with Gasteiger partial charge in [-0.3, -0.25) is 9.48 Å². The fourth-order valence-electron chi connectivity index (χ4n) is 2.36. The Morgan fingerprint density at radius 2 is 1.95 bits per heavy atom. The van der Waals surface area contributed by atoms with Gasteiger partial charge in [0, 0.05) is 25.8 Å². The molecule has 0 saturated carbocycles. The minimum atomic E-state index is 0.0978. The van der Waals surface area contributed by atoms with E-state index in [0.717, 1.165) is 39.0 Å². The molecule has 5 nitrogen and oxygen atoms in total. The van der Waals surface area contributed by atoms with Gasteiger partial charge in [0.2, 0.25) is 0 Å². The lowest BCUT2D eigenvalue weighted by Crippen LogP contribution is -2.36. The number of carbonyl (C=O) groups excluding carboxylic acids is 1. The zero-order valence-corrected chi connectivity index (χ0v) is 14.2. The molecule has 21 heavy (non-hydrogen) atoms. The van der Waals surface area contributed by atoms with Crippen LogP contribution in [0.25, 0.3) is 0 Å². The molecule has 1 amide bonds. The zero-order chi connectivity index (χ0) is 15.8. The third-order valence-corrected chi connectivity index (χ3v) is 4.00. The van der Waals surface area contributed by atoms with Crippen LogP contribution in [-0.4, -0.2) is 59.2 Å². The molecule has 1 rings (SSSR count). The van der Waals surface area contributed by atoms with E-state index in [4.69, 9.17) is 0 Å². The van der Waals surface area contributed by atoms with Gasteiger partial charge < -0.3 is 9.80 Å². The van der Waals surface area contributed by atoms with Crippen molar-refractivity contribution in [3.63, 3.8) is 0 Å². The molecular weight excluding hydrogens is 264 g/mol. The number of aromatic nitrogens is 2. The number of carbonyl (C=O) groups is 1. The van der Waals surface area contributed by atoms with Crippen molar-refractivity contribution < 1.29 is 4.79 Å². The minimum absolute atomic E-state index is 0.0978. The van der Waals surface area contributed by atoms with E-state index in [0.29, 0.717) is 11.6 Å². The highest BCUT2D eigenvalue weighted by Crippen LogP contribution is 2.13. The predicted octanol–water partition coefficient (Wildman–Crippen LogP) is 2.34. The lowest BCUT2D eigenvalue weighted by Gasteiger charge is -2.25. The summed E-state index contributed by atoms with van der Waals surface area (Å²) in [6, 6.07) is 1.83. The van der Waals surface area contributed by atoms with Crippen LogP contribution in [-0.2, 0) is 6.54 Å². The van der Waals surface area contributed by atoms with Crippen molar-refractivity contribution in [3.05, 3.63) is 18.0 Å². The van der Waals surface area contributed by atoms with Crippen molar-refractivity contribution >= 4 is 5.91 Å². The standard InChI is InChI=1S/C16H30N4O/c1-6-14(7-2)13-19(8-3)16(21)15-9-10-17-20(15)12-11-18(4)5/h9-10,14H,6-8,11-13H2,1-5H3. The highest BCUT2D eigenvalue weighted by Gasteiger charge is 2.20. The van der Waals surface area contributed by atoms with Gasteiger partial charge in [0.05, 0.1) is 6.54 Å². The molecule has 120 valence electrons. The molecule has 1 aromatic rings. The second-order valence-corrected chi connectivity index (χ2v) is 5.77. The summed E-state index contributed by atoms with van der Waals surface area (Å²) in [5.74, 6) is 0.674. The predicted molar refractivity (Wildman–Crippen MR) is 86.4 cm³/mol. The van der Waals surface area contributed by atoms with Crippen LogP contribution in [0.5, 0.6) is 0 Å². The highest BCUT2D eigenvalue weighted by atomic mass is 16.2. The van der Waals surface area contributed by atoms with Gasteiger partial charge in [-0.2, -0.15) is 5.10 Å². The van der Waals surface area contributed by atoms with E-state index < -0.39 is 0 Å². The van der Waals surface area contributed by atoms with Crippen LogP contribution in [0.2, 0.25) is 0 Å². The van der Waals surface area contributed by atoms with E-state index in [2.05, 4.69) is 23.8 Å². The second kappa shape index (κ2) is 8.82. The second-order valence-electron chi connectivity index (χ2n) is 5.77. The first-order valence-corrected chi connectivity index (χ1v) is 7.99. The molecule has 0 aliphatic heterocycles. The maximum atomic E-state index is 12.7. The number of likely N-dealkylation sites (N-methyl/N-ethyl adjacent to an activating group) is 1. The van der Waals surface area contributed by atoms with Crippen LogP contribution in [0, 0.1) is 5.92 Å². The first-order chi connectivity index (χ1) is 10.0. The van der Waals surface area contributed by atoms with Crippen molar-refractivity contribution in [3.8, 4) is 0 Å². The van der Waals surface area contributed by atoms with Gasteiger partial charge in [-0.05, 0) is 33.0 Å². The fraction of sp³-hybridized carbons (Fsp3) is 0.750. The fourth-order valence-corrected chi connectivity index (χ4v) is 2.36. The maximum absolute atomic E-state index is 12.7. The third-order valence-electron chi connectivity index (χ3n) is 4.00. The van der Waals surface area contributed by atoms with Gasteiger partial charge in [-0.25, -0.2) is 0 Å². The lowest BCUT2D eigenvalue weighted by molar-refractivity contribution is 0.0721. The molecule has 0 aliphatic carbocycles. The van der Waals surface area contributed by atoms with Crippen molar-refractivity contribution in [1.29, 1.82) is 0 Å². The average Bonchev–Trinajstić information content (AvgIpc) is 2.94. The monoisotopic (exact) mass is 294 g/mol. The molecule has 0 unspecified atom stereocenters. The Morgan fingerprint density at radius 3 is 2.48 bits per heavy atom. The molecule has 1 aromatic heterocycles. The van der Waals surface area contributed by atoms with Gasteiger partial charge in [-0.15, -0.1) is 0 Å². The molecule has 0 radical (unpaired) electrons. The van der Waals surface area contributed by atoms with Gasteiger partial charge in [0.15, 0.2) is 0 Å². The van der Waals surface area contributed by atoms with Crippen molar-refractivity contribution in [1.82, 2.24) is 19.6 Å². The van der Waals surface area contributed by atoms with Gasteiger partial charge in [0.1, 0.15) is 5.69 Å². The SMILES string of the molecule is CCC(CC)CN(CC)C(=O)c1ccnn1CCN(C)C. The maximum Gasteiger partial charge on any atom is 0.272 e. The van der Waals surface area contributed by atoms with E-state index in [9.17, 15) is 4.79 Å². The summed E-state index contributed by atoms with van der Waals surface area (Å²) in [7, 11) is 4.05. The van der Waals surface area contributed by atoms with Crippen molar-refractivity contribution in [2.45, 2.75) is 40.2 Å². The van der Waals surface area contributed by atoms with Crippen LogP contribution in [0.15, 0.2) is 12.3 Å². The number of amides is 1. The largest absolute Gasteiger partial charge is 0.337 e. The molecule has 5 heteroatoms. The van der Waals surface area contributed by atoms with Gasteiger partial charge >= 0.3 is 0 Å².